The maximum absolute atomic E-state index is 11.9. The largest absolute Gasteiger partial charge is 0.354 e. The molecule has 1 aliphatic heterocycles. The van der Waals surface area contributed by atoms with E-state index in [9.17, 15) is 9.59 Å². The minimum atomic E-state index is -0.347. The molecular weight excluding hydrogens is 240 g/mol. The smallest absolute Gasteiger partial charge is 0.242 e. The summed E-state index contributed by atoms with van der Waals surface area (Å²) in [6.07, 6.45) is 2.03. The number of hydrogen-bond acceptors (Lipinski definition) is 2. The van der Waals surface area contributed by atoms with Crippen LogP contribution in [0.25, 0.3) is 0 Å². The van der Waals surface area contributed by atoms with Crippen LogP contribution in [0.5, 0.6) is 0 Å². The average Bonchev–Trinajstić information content (AvgIpc) is 2.87. The molecule has 2 atom stereocenters. The summed E-state index contributed by atoms with van der Waals surface area (Å²) < 4.78 is 0. The van der Waals surface area contributed by atoms with Crippen LogP contribution in [-0.2, 0) is 9.59 Å². The third kappa shape index (κ3) is 3.56. The summed E-state index contributed by atoms with van der Waals surface area (Å²) in [4.78, 5) is 23.0. The quantitative estimate of drug-likeness (QED) is 0.844. The molecule has 102 valence electrons. The highest BCUT2D eigenvalue weighted by molar-refractivity contribution is 5.90. The van der Waals surface area contributed by atoms with Crippen LogP contribution in [-0.4, -0.2) is 24.4 Å². The van der Waals surface area contributed by atoms with Crippen molar-refractivity contribution in [3.8, 4) is 0 Å². The summed E-state index contributed by atoms with van der Waals surface area (Å²) in [5.41, 5.74) is 1.24. The van der Waals surface area contributed by atoms with Crippen molar-refractivity contribution in [1.82, 2.24) is 10.6 Å². The molecule has 2 amide bonds. The first-order chi connectivity index (χ1) is 9.20. The number of rotatable bonds is 5. The van der Waals surface area contributed by atoms with Crippen molar-refractivity contribution in [2.45, 2.75) is 38.1 Å². The molecule has 1 aromatic rings. The lowest BCUT2D eigenvalue weighted by Gasteiger charge is -2.18. The first-order valence-electron chi connectivity index (χ1n) is 6.82. The van der Waals surface area contributed by atoms with E-state index in [-0.39, 0.29) is 17.9 Å². The number of carbonyl (C=O) groups is 2. The molecule has 1 aromatic carbocycles. The Morgan fingerprint density at radius 1 is 1.42 bits per heavy atom. The molecule has 4 heteroatoms. The lowest BCUT2D eigenvalue weighted by atomic mass is 9.96. The van der Waals surface area contributed by atoms with Crippen molar-refractivity contribution in [3.63, 3.8) is 0 Å². The predicted molar refractivity (Wildman–Crippen MR) is 73.6 cm³/mol. The summed E-state index contributed by atoms with van der Waals surface area (Å²) >= 11 is 0. The molecule has 1 aliphatic rings. The Hall–Kier alpha value is -1.84. The summed E-state index contributed by atoms with van der Waals surface area (Å²) in [6, 6.07) is 9.83. The number of carbonyl (C=O) groups excluding carboxylic acids is 2. The van der Waals surface area contributed by atoms with Gasteiger partial charge in [-0.3, -0.25) is 9.59 Å². The second-order valence-electron chi connectivity index (χ2n) is 4.92. The lowest BCUT2D eigenvalue weighted by molar-refractivity contribution is -0.125. The number of amides is 2. The standard InChI is InChI=1S/C15H20N2O2/c1-2-11(12-6-4-3-5-7-12)10-16-15(19)13-8-9-14(18)17-13/h3-7,11,13H,2,8-10H2,1H3,(H,16,19)(H,17,18)/t11-,13-/m0/s1. The Balaban J connectivity index is 1.86. The monoisotopic (exact) mass is 260 g/mol. The van der Waals surface area contributed by atoms with Gasteiger partial charge in [0.25, 0.3) is 0 Å². The Bertz CT molecular complexity index is 445. The minimum absolute atomic E-state index is 0.0322. The molecule has 0 aromatic heterocycles. The first kappa shape index (κ1) is 13.6. The molecule has 2 N–H and O–H groups in total. The van der Waals surface area contributed by atoms with E-state index >= 15 is 0 Å². The number of nitrogens with one attached hydrogen (secondary N) is 2. The van der Waals surface area contributed by atoms with Gasteiger partial charge in [-0.05, 0) is 18.4 Å². The van der Waals surface area contributed by atoms with Crippen molar-refractivity contribution in [3.05, 3.63) is 35.9 Å². The summed E-state index contributed by atoms with van der Waals surface area (Å²) in [6.45, 7) is 2.73. The van der Waals surface area contributed by atoms with Gasteiger partial charge >= 0.3 is 0 Å². The molecule has 1 heterocycles. The second kappa shape index (κ2) is 6.36. The van der Waals surface area contributed by atoms with Gasteiger partial charge in [-0.15, -0.1) is 0 Å². The number of hydrogen-bond donors (Lipinski definition) is 2. The average molecular weight is 260 g/mol. The SMILES string of the molecule is CC[C@@H](CNC(=O)[C@@H]1CCC(=O)N1)c1ccccc1. The fourth-order valence-electron chi connectivity index (χ4n) is 2.38. The topological polar surface area (TPSA) is 58.2 Å². The van der Waals surface area contributed by atoms with E-state index in [1.165, 1.54) is 5.56 Å². The highest BCUT2D eigenvalue weighted by atomic mass is 16.2. The van der Waals surface area contributed by atoms with Crippen molar-refractivity contribution in [2.24, 2.45) is 0 Å². The van der Waals surface area contributed by atoms with Gasteiger partial charge in [0.05, 0.1) is 0 Å². The molecule has 0 radical (unpaired) electrons. The number of benzene rings is 1. The van der Waals surface area contributed by atoms with Gasteiger partial charge in [-0.2, -0.15) is 0 Å². The molecule has 0 aliphatic carbocycles. The maximum atomic E-state index is 11.9. The zero-order valence-electron chi connectivity index (χ0n) is 11.2. The van der Waals surface area contributed by atoms with Gasteiger partial charge in [-0.1, -0.05) is 37.3 Å². The molecule has 1 saturated heterocycles. The van der Waals surface area contributed by atoms with Gasteiger partial charge in [-0.25, -0.2) is 0 Å². The molecule has 1 fully saturated rings. The fraction of sp³-hybridized carbons (Fsp3) is 0.467. The third-order valence-corrected chi connectivity index (χ3v) is 3.60. The van der Waals surface area contributed by atoms with Gasteiger partial charge in [0.15, 0.2) is 0 Å². The Morgan fingerprint density at radius 2 is 2.16 bits per heavy atom. The normalized spacial score (nSPS) is 19.8. The van der Waals surface area contributed by atoms with E-state index in [1.807, 2.05) is 18.2 Å². The molecule has 0 saturated carbocycles. The van der Waals surface area contributed by atoms with Crippen molar-refractivity contribution < 1.29 is 9.59 Å². The Labute approximate surface area is 113 Å². The van der Waals surface area contributed by atoms with E-state index in [0.29, 0.717) is 25.3 Å². The molecule has 4 nitrogen and oxygen atoms in total. The van der Waals surface area contributed by atoms with Crippen LogP contribution >= 0.6 is 0 Å². The van der Waals surface area contributed by atoms with E-state index in [0.717, 1.165) is 6.42 Å². The van der Waals surface area contributed by atoms with Gasteiger partial charge in [0.1, 0.15) is 6.04 Å². The fourth-order valence-corrected chi connectivity index (χ4v) is 2.38. The molecule has 0 spiro atoms. The van der Waals surface area contributed by atoms with Crippen LogP contribution in [0.4, 0.5) is 0 Å². The third-order valence-electron chi connectivity index (χ3n) is 3.60. The highest BCUT2D eigenvalue weighted by Crippen LogP contribution is 2.18. The van der Waals surface area contributed by atoms with E-state index < -0.39 is 0 Å². The van der Waals surface area contributed by atoms with Crippen LogP contribution in [0.2, 0.25) is 0 Å². The lowest BCUT2D eigenvalue weighted by Crippen LogP contribution is -2.42. The molecule has 19 heavy (non-hydrogen) atoms. The zero-order chi connectivity index (χ0) is 13.7. The molecule has 0 bridgehead atoms. The molecule has 0 unspecified atom stereocenters. The summed E-state index contributed by atoms with van der Waals surface area (Å²) in [5.74, 6) is 0.220. The van der Waals surface area contributed by atoms with Gasteiger partial charge in [0, 0.05) is 18.9 Å². The van der Waals surface area contributed by atoms with E-state index in [4.69, 9.17) is 0 Å². The highest BCUT2D eigenvalue weighted by Gasteiger charge is 2.27. The maximum Gasteiger partial charge on any atom is 0.242 e. The Kier molecular flexibility index (Phi) is 4.55. The zero-order valence-corrected chi connectivity index (χ0v) is 11.2. The van der Waals surface area contributed by atoms with Crippen LogP contribution in [0.15, 0.2) is 30.3 Å². The molecular formula is C15H20N2O2. The van der Waals surface area contributed by atoms with E-state index in [1.54, 1.807) is 0 Å². The predicted octanol–water partition coefficient (Wildman–Crippen LogP) is 1.57. The van der Waals surface area contributed by atoms with Crippen molar-refractivity contribution in [1.29, 1.82) is 0 Å². The van der Waals surface area contributed by atoms with Gasteiger partial charge < -0.3 is 10.6 Å². The molecule has 2 rings (SSSR count). The van der Waals surface area contributed by atoms with Crippen LogP contribution in [0.3, 0.4) is 0 Å². The van der Waals surface area contributed by atoms with Crippen LogP contribution in [0, 0.1) is 0 Å². The Morgan fingerprint density at radius 3 is 2.74 bits per heavy atom. The summed E-state index contributed by atoms with van der Waals surface area (Å²) in [5, 5.41) is 5.63. The first-order valence-corrected chi connectivity index (χ1v) is 6.82. The van der Waals surface area contributed by atoms with Crippen LogP contribution in [0.1, 0.15) is 37.7 Å². The van der Waals surface area contributed by atoms with Gasteiger partial charge in [0.2, 0.25) is 11.8 Å². The second-order valence-corrected chi connectivity index (χ2v) is 4.92. The summed E-state index contributed by atoms with van der Waals surface area (Å²) in [7, 11) is 0. The van der Waals surface area contributed by atoms with Crippen molar-refractivity contribution in [2.75, 3.05) is 6.54 Å². The minimum Gasteiger partial charge on any atom is -0.354 e. The van der Waals surface area contributed by atoms with E-state index in [2.05, 4.69) is 29.7 Å². The van der Waals surface area contributed by atoms with Crippen LogP contribution < -0.4 is 10.6 Å². The van der Waals surface area contributed by atoms with Crippen molar-refractivity contribution >= 4 is 11.8 Å².